The second-order valence-electron chi connectivity index (χ2n) is 5.00. The van der Waals surface area contributed by atoms with E-state index in [1.54, 1.807) is 42.8 Å². The van der Waals surface area contributed by atoms with E-state index in [9.17, 15) is 9.90 Å². The molecule has 0 aliphatic carbocycles. The number of amides is 1. The van der Waals surface area contributed by atoms with Crippen LogP contribution < -0.4 is 5.32 Å². The molecule has 1 amide bonds. The molecule has 7 heteroatoms. The van der Waals surface area contributed by atoms with Gasteiger partial charge in [0.15, 0.2) is 0 Å². The number of rotatable bonds is 5. The molecule has 22 heavy (non-hydrogen) atoms. The van der Waals surface area contributed by atoms with Gasteiger partial charge >= 0.3 is 0 Å². The highest BCUT2D eigenvalue weighted by Crippen LogP contribution is 2.19. The number of aromatic nitrogens is 2. The Hall–Kier alpha value is -1.56. The number of aliphatic hydroxyl groups excluding tert-OH is 1. The van der Waals surface area contributed by atoms with Crippen molar-refractivity contribution in [3.63, 3.8) is 0 Å². The zero-order valence-corrected chi connectivity index (χ0v) is 13.8. The molecule has 118 valence electrons. The first-order valence-electron chi connectivity index (χ1n) is 6.77. The third-order valence-corrected chi connectivity index (χ3v) is 4.18. The molecule has 0 aliphatic rings. The zero-order valence-electron chi connectivity index (χ0n) is 12.3. The Bertz CT molecular complexity index is 668. The van der Waals surface area contributed by atoms with Gasteiger partial charge in [-0.05, 0) is 31.5 Å². The summed E-state index contributed by atoms with van der Waals surface area (Å²) >= 11 is 11.9. The van der Waals surface area contributed by atoms with Crippen LogP contribution in [0.5, 0.6) is 0 Å². The Labute approximate surface area is 138 Å². The molecule has 0 aliphatic heterocycles. The van der Waals surface area contributed by atoms with Gasteiger partial charge in [0, 0.05) is 5.02 Å². The van der Waals surface area contributed by atoms with Crippen LogP contribution in [-0.2, 0) is 11.3 Å². The fourth-order valence-corrected chi connectivity index (χ4v) is 2.40. The smallest absolute Gasteiger partial charge is 0.242 e. The SMILES string of the molecule is Cc1nn(CC(=O)NC(CO)c2ccc(Cl)cc2)c(C)c1Cl. The van der Waals surface area contributed by atoms with E-state index >= 15 is 0 Å². The number of nitrogens with one attached hydrogen (secondary N) is 1. The molecule has 1 aromatic carbocycles. The summed E-state index contributed by atoms with van der Waals surface area (Å²) in [6.45, 7) is 3.43. The maximum atomic E-state index is 12.1. The molecule has 1 heterocycles. The number of benzene rings is 1. The highest BCUT2D eigenvalue weighted by molar-refractivity contribution is 6.31. The van der Waals surface area contributed by atoms with Crippen LogP contribution >= 0.6 is 23.2 Å². The highest BCUT2D eigenvalue weighted by atomic mass is 35.5. The summed E-state index contributed by atoms with van der Waals surface area (Å²) in [7, 11) is 0. The quantitative estimate of drug-likeness (QED) is 0.878. The van der Waals surface area contributed by atoms with E-state index in [2.05, 4.69) is 10.4 Å². The topological polar surface area (TPSA) is 67.2 Å². The predicted molar refractivity (Wildman–Crippen MR) is 86.1 cm³/mol. The molecule has 2 aromatic rings. The minimum atomic E-state index is -0.489. The summed E-state index contributed by atoms with van der Waals surface area (Å²) < 4.78 is 1.54. The van der Waals surface area contributed by atoms with Gasteiger partial charge in [-0.25, -0.2) is 0 Å². The second kappa shape index (κ2) is 7.13. The summed E-state index contributed by atoms with van der Waals surface area (Å²) in [6, 6.07) is 6.48. The minimum absolute atomic E-state index is 0.0451. The van der Waals surface area contributed by atoms with E-state index in [0.717, 1.165) is 11.3 Å². The molecule has 0 saturated carbocycles. The number of nitrogens with zero attached hydrogens (tertiary/aromatic N) is 2. The summed E-state index contributed by atoms with van der Waals surface area (Å²) in [5.74, 6) is -0.253. The van der Waals surface area contributed by atoms with Crippen molar-refractivity contribution in [3.8, 4) is 0 Å². The average molecular weight is 342 g/mol. The van der Waals surface area contributed by atoms with Gasteiger partial charge in [-0.15, -0.1) is 0 Å². The molecule has 0 radical (unpaired) electrons. The van der Waals surface area contributed by atoms with Crippen LogP contribution in [0.4, 0.5) is 0 Å². The molecule has 2 N–H and O–H groups in total. The van der Waals surface area contributed by atoms with Gasteiger partial charge in [0.05, 0.1) is 29.1 Å². The van der Waals surface area contributed by atoms with Gasteiger partial charge in [0.2, 0.25) is 5.91 Å². The van der Waals surface area contributed by atoms with E-state index in [1.807, 2.05) is 0 Å². The lowest BCUT2D eigenvalue weighted by Gasteiger charge is -2.17. The van der Waals surface area contributed by atoms with Crippen molar-refractivity contribution in [2.45, 2.75) is 26.4 Å². The Morgan fingerprint density at radius 3 is 2.45 bits per heavy atom. The lowest BCUT2D eigenvalue weighted by Crippen LogP contribution is -2.33. The van der Waals surface area contributed by atoms with Crippen molar-refractivity contribution in [1.82, 2.24) is 15.1 Å². The molecule has 5 nitrogen and oxygen atoms in total. The van der Waals surface area contributed by atoms with Gasteiger partial charge in [-0.2, -0.15) is 5.10 Å². The predicted octanol–water partition coefficient (Wildman–Crippen LogP) is 2.66. The van der Waals surface area contributed by atoms with Gasteiger partial charge in [-0.3, -0.25) is 9.48 Å². The molecular formula is C15H17Cl2N3O2. The van der Waals surface area contributed by atoms with Crippen LogP contribution in [0.15, 0.2) is 24.3 Å². The zero-order chi connectivity index (χ0) is 16.3. The van der Waals surface area contributed by atoms with E-state index in [1.165, 1.54) is 0 Å². The largest absolute Gasteiger partial charge is 0.394 e. The molecule has 0 saturated heterocycles. The number of aryl methyl sites for hydroxylation is 1. The third kappa shape index (κ3) is 3.80. The van der Waals surface area contributed by atoms with E-state index in [4.69, 9.17) is 23.2 Å². The van der Waals surface area contributed by atoms with Crippen LogP contribution in [0.3, 0.4) is 0 Å². The number of carbonyl (C=O) groups excluding carboxylic acids is 1. The Kier molecular flexibility index (Phi) is 5.45. The van der Waals surface area contributed by atoms with Crippen LogP contribution in [0.1, 0.15) is 23.0 Å². The monoisotopic (exact) mass is 341 g/mol. The third-order valence-electron chi connectivity index (χ3n) is 3.38. The first kappa shape index (κ1) is 16.8. The first-order valence-corrected chi connectivity index (χ1v) is 7.53. The molecule has 1 unspecified atom stereocenters. The van der Waals surface area contributed by atoms with Crippen molar-refractivity contribution < 1.29 is 9.90 Å². The van der Waals surface area contributed by atoms with Gasteiger partial charge < -0.3 is 10.4 Å². The Morgan fingerprint density at radius 1 is 1.32 bits per heavy atom. The van der Waals surface area contributed by atoms with Crippen molar-refractivity contribution in [1.29, 1.82) is 0 Å². The van der Waals surface area contributed by atoms with E-state index in [0.29, 0.717) is 15.7 Å². The molecule has 2 rings (SSSR count). The summed E-state index contributed by atoms with van der Waals surface area (Å²) in [5.41, 5.74) is 2.20. The van der Waals surface area contributed by atoms with Gasteiger partial charge in [0.1, 0.15) is 6.54 Å². The average Bonchev–Trinajstić information content (AvgIpc) is 2.73. The maximum Gasteiger partial charge on any atom is 0.242 e. The second-order valence-corrected chi connectivity index (χ2v) is 5.81. The van der Waals surface area contributed by atoms with Crippen LogP contribution in [0.25, 0.3) is 0 Å². The van der Waals surface area contributed by atoms with Gasteiger partial charge in [0.25, 0.3) is 0 Å². The lowest BCUT2D eigenvalue weighted by atomic mass is 10.1. The van der Waals surface area contributed by atoms with Crippen LogP contribution in [0.2, 0.25) is 10.0 Å². The summed E-state index contributed by atoms with van der Waals surface area (Å²) in [5, 5.41) is 17.6. The van der Waals surface area contributed by atoms with Crippen LogP contribution in [-0.4, -0.2) is 27.4 Å². The van der Waals surface area contributed by atoms with Crippen LogP contribution in [0, 0.1) is 13.8 Å². The molecular weight excluding hydrogens is 325 g/mol. The Balaban J connectivity index is 2.06. The molecule has 0 bridgehead atoms. The number of carbonyl (C=O) groups is 1. The van der Waals surface area contributed by atoms with Crippen molar-refractivity contribution in [2.75, 3.05) is 6.61 Å². The molecule has 1 aromatic heterocycles. The number of hydrogen-bond acceptors (Lipinski definition) is 3. The minimum Gasteiger partial charge on any atom is -0.394 e. The Morgan fingerprint density at radius 2 is 1.95 bits per heavy atom. The lowest BCUT2D eigenvalue weighted by molar-refractivity contribution is -0.123. The number of halogens is 2. The molecule has 0 fully saturated rings. The normalized spacial score (nSPS) is 12.2. The highest BCUT2D eigenvalue weighted by Gasteiger charge is 2.16. The summed E-state index contributed by atoms with van der Waals surface area (Å²) in [6.07, 6.45) is 0. The molecule has 0 spiro atoms. The fraction of sp³-hybridized carbons (Fsp3) is 0.333. The molecule has 1 atom stereocenters. The van der Waals surface area contributed by atoms with Gasteiger partial charge in [-0.1, -0.05) is 35.3 Å². The fourth-order valence-electron chi connectivity index (χ4n) is 2.13. The first-order chi connectivity index (χ1) is 10.4. The van der Waals surface area contributed by atoms with Crippen molar-refractivity contribution in [3.05, 3.63) is 51.3 Å². The van der Waals surface area contributed by atoms with E-state index < -0.39 is 6.04 Å². The van der Waals surface area contributed by atoms with E-state index in [-0.39, 0.29) is 19.1 Å². The maximum absolute atomic E-state index is 12.1. The number of aliphatic hydroxyl groups is 1. The number of hydrogen-bond donors (Lipinski definition) is 2. The van der Waals surface area contributed by atoms with Crippen molar-refractivity contribution in [2.24, 2.45) is 0 Å². The standard InChI is InChI=1S/C15H17Cl2N3O2/c1-9-15(17)10(2)20(19-9)7-14(22)18-13(8-21)11-3-5-12(16)6-4-11/h3-6,13,21H,7-8H2,1-2H3,(H,18,22). The summed E-state index contributed by atoms with van der Waals surface area (Å²) in [4.78, 5) is 12.1. The van der Waals surface area contributed by atoms with Crippen molar-refractivity contribution >= 4 is 29.1 Å².